The van der Waals surface area contributed by atoms with Gasteiger partial charge in [0.1, 0.15) is 9.97 Å². The molecular weight excluding hydrogens is 416 g/mol. The number of carbonyl (C=O) groups is 1. The third-order valence-electron chi connectivity index (χ3n) is 4.53. The van der Waals surface area contributed by atoms with Gasteiger partial charge in [-0.05, 0) is 30.5 Å². The third kappa shape index (κ3) is 5.03. The predicted octanol–water partition coefficient (Wildman–Crippen LogP) is 4.01. The van der Waals surface area contributed by atoms with E-state index in [1.54, 1.807) is 18.3 Å². The number of rotatable bonds is 5. The molecule has 0 radical (unpaired) electrons. The SMILES string of the molecule is Cc1cnc(-c2ccc(S(=O)(=O)N[C@H]3[C@H](C)[C@@H]3c3ccccc3)s2)o1.O=C(O)O. The Bertz CT molecular complexity index is 1090. The van der Waals surface area contributed by atoms with Gasteiger partial charge < -0.3 is 14.6 Å². The van der Waals surface area contributed by atoms with Crippen LogP contribution < -0.4 is 4.72 Å². The second-order valence-corrected chi connectivity index (χ2v) is 9.64. The van der Waals surface area contributed by atoms with E-state index in [9.17, 15) is 8.42 Å². The van der Waals surface area contributed by atoms with Crippen molar-refractivity contribution in [1.29, 1.82) is 0 Å². The number of sulfonamides is 1. The molecule has 0 spiro atoms. The molecule has 1 fully saturated rings. The molecule has 10 heteroatoms. The minimum absolute atomic E-state index is 0.0677. The maximum absolute atomic E-state index is 12.7. The molecule has 1 aliphatic carbocycles. The fraction of sp³-hybridized carbons (Fsp3) is 0.263. The van der Waals surface area contributed by atoms with Gasteiger partial charge in [-0.25, -0.2) is 22.9 Å². The van der Waals surface area contributed by atoms with E-state index in [-0.39, 0.29) is 22.1 Å². The van der Waals surface area contributed by atoms with Crippen LogP contribution in [0.1, 0.15) is 24.2 Å². The van der Waals surface area contributed by atoms with Crippen LogP contribution in [0.5, 0.6) is 0 Å². The van der Waals surface area contributed by atoms with Crippen LogP contribution in [0.15, 0.2) is 57.3 Å². The Hall–Kier alpha value is -2.69. The van der Waals surface area contributed by atoms with Crippen LogP contribution in [0.4, 0.5) is 4.79 Å². The first-order valence-electron chi connectivity index (χ1n) is 8.71. The van der Waals surface area contributed by atoms with E-state index < -0.39 is 16.2 Å². The van der Waals surface area contributed by atoms with Gasteiger partial charge in [0.2, 0.25) is 15.9 Å². The number of hydrogen-bond donors (Lipinski definition) is 3. The molecule has 0 amide bonds. The number of oxazole rings is 1. The summed E-state index contributed by atoms with van der Waals surface area (Å²) in [5.74, 6) is 1.66. The molecule has 3 aromatic rings. The Morgan fingerprint density at radius 2 is 1.83 bits per heavy atom. The fourth-order valence-corrected chi connectivity index (χ4v) is 5.72. The van der Waals surface area contributed by atoms with Gasteiger partial charge in [0.05, 0.1) is 11.1 Å². The lowest BCUT2D eigenvalue weighted by Crippen LogP contribution is -2.27. The van der Waals surface area contributed by atoms with E-state index >= 15 is 0 Å². The quantitative estimate of drug-likeness (QED) is 0.551. The molecule has 3 atom stereocenters. The zero-order valence-electron chi connectivity index (χ0n) is 15.6. The van der Waals surface area contributed by atoms with Gasteiger partial charge in [-0.3, -0.25) is 0 Å². The molecule has 0 bridgehead atoms. The highest BCUT2D eigenvalue weighted by Crippen LogP contribution is 2.48. The minimum atomic E-state index is -3.55. The molecule has 0 unspecified atom stereocenters. The third-order valence-corrected chi connectivity index (χ3v) is 7.56. The van der Waals surface area contributed by atoms with Gasteiger partial charge >= 0.3 is 6.16 Å². The molecule has 154 valence electrons. The average molecular weight is 437 g/mol. The summed E-state index contributed by atoms with van der Waals surface area (Å²) in [5, 5.41) is 13.9. The van der Waals surface area contributed by atoms with Crippen molar-refractivity contribution in [3.8, 4) is 10.8 Å². The molecule has 29 heavy (non-hydrogen) atoms. The molecular formula is C19H20N2O6S2. The Morgan fingerprint density at radius 3 is 2.41 bits per heavy atom. The lowest BCUT2D eigenvalue weighted by atomic mass is 10.1. The van der Waals surface area contributed by atoms with Gasteiger partial charge in [-0.1, -0.05) is 37.3 Å². The largest absolute Gasteiger partial charge is 0.503 e. The van der Waals surface area contributed by atoms with Crippen molar-refractivity contribution in [1.82, 2.24) is 9.71 Å². The van der Waals surface area contributed by atoms with Crippen molar-refractivity contribution in [2.45, 2.75) is 30.0 Å². The molecule has 0 aliphatic heterocycles. The van der Waals surface area contributed by atoms with Crippen molar-refractivity contribution in [2.75, 3.05) is 0 Å². The maximum atomic E-state index is 12.7. The molecule has 1 aliphatic rings. The predicted molar refractivity (Wildman–Crippen MR) is 108 cm³/mol. The molecule has 3 N–H and O–H groups in total. The van der Waals surface area contributed by atoms with Crippen LogP contribution in [0.25, 0.3) is 10.8 Å². The molecule has 2 aromatic heterocycles. The summed E-state index contributed by atoms with van der Waals surface area (Å²) < 4.78 is 34.0. The molecule has 8 nitrogen and oxygen atoms in total. The van der Waals surface area contributed by atoms with Crippen LogP contribution >= 0.6 is 11.3 Å². The number of nitrogens with one attached hydrogen (secondary N) is 1. The van der Waals surface area contributed by atoms with Gasteiger partial charge in [0, 0.05) is 12.0 Å². The van der Waals surface area contributed by atoms with E-state index in [0.717, 1.165) is 0 Å². The van der Waals surface area contributed by atoms with Crippen molar-refractivity contribution in [2.24, 2.45) is 5.92 Å². The van der Waals surface area contributed by atoms with Crippen LogP contribution in [0, 0.1) is 12.8 Å². The minimum Gasteiger partial charge on any atom is -0.450 e. The van der Waals surface area contributed by atoms with Crippen molar-refractivity contribution < 1.29 is 27.8 Å². The Balaban J connectivity index is 0.000000552. The van der Waals surface area contributed by atoms with E-state index in [1.165, 1.54) is 16.9 Å². The zero-order chi connectivity index (χ0) is 21.2. The number of carboxylic acid groups (broad SMARTS) is 2. The smallest absolute Gasteiger partial charge is 0.450 e. The second kappa shape index (κ2) is 8.36. The lowest BCUT2D eigenvalue weighted by molar-refractivity contribution is 0.137. The van der Waals surface area contributed by atoms with Gasteiger partial charge in [-0.2, -0.15) is 0 Å². The van der Waals surface area contributed by atoms with Crippen LogP contribution in [0.2, 0.25) is 0 Å². The van der Waals surface area contributed by atoms with Gasteiger partial charge in [-0.15, -0.1) is 11.3 Å². The summed E-state index contributed by atoms with van der Waals surface area (Å²) >= 11 is 1.17. The molecule has 2 heterocycles. The van der Waals surface area contributed by atoms with E-state index in [2.05, 4.69) is 16.6 Å². The first-order valence-corrected chi connectivity index (χ1v) is 11.0. The number of aryl methyl sites for hydroxylation is 1. The first kappa shape index (κ1) is 21.0. The monoisotopic (exact) mass is 436 g/mol. The lowest BCUT2D eigenvalue weighted by Gasteiger charge is -2.04. The van der Waals surface area contributed by atoms with Crippen molar-refractivity contribution in [3.05, 3.63) is 60.0 Å². The Morgan fingerprint density at radius 1 is 1.17 bits per heavy atom. The summed E-state index contributed by atoms with van der Waals surface area (Å²) in [6.45, 7) is 3.88. The van der Waals surface area contributed by atoms with E-state index in [1.807, 2.05) is 37.3 Å². The van der Waals surface area contributed by atoms with Gasteiger partial charge in [0.25, 0.3) is 0 Å². The summed E-state index contributed by atoms with van der Waals surface area (Å²) in [6, 6.07) is 13.3. The topological polar surface area (TPSA) is 130 Å². The molecule has 4 rings (SSSR count). The molecule has 1 aromatic carbocycles. The van der Waals surface area contributed by atoms with Crippen molar-refractivity contribution >= 4 is 27.5 Å². The Kier molecular flexibility index (Phi) is 6.06. The Labute approximate surface area is 171 Å². The standard InChI is InChI=1S/C18H18N2O3S2.CH2O3/c1-11-10-19-18(23-11)14-8-9-15(24-14)25(21,22)20-17-12(2)16(17)13-6-4-3-5-7-13;2-1(3)4/h3-10,12,16-17,20H,1-2H3;(H2,2,3,4)/t12-,16-,17+;/m1./s1. The van der Waals surface area contributed by atoms with E-state index in [4.69, 9.17) is 19.4 Å². The van der Waals surface area contributed by atoms with E-state index in [0.29, 0.717) is 16.5 Å². The van der Waals surface area contributed by atoms with Crippen molar-refractivity contribution in [3.63, 3.8) is 0 Å². The number of benzene rings is 1. The summed E-state index contributed by atoms with van der Waals surface area (Å²) in [6.07, 6.45) is -0.211. The summed E-state index contributed by atoms with van der Waals surface area (Å²) in [7, 11) is -3.55. The molecule has 1 saturated carbocycles. The fourth-order valence-electron chi connectivity index (χ4n) is 3.11. The molecule has 0 saturated heterocycles. The average Bonchev–Trinajstić information content (AvgIpc) is 3.05. The number of aromatic nitrogens is 1. The number of nitrogens with zero attached hydrogens (tertiary/aromatic N) is 1. The second-order valence-electron chi connectivity index (χ2n) is 6.62. The summed E-state index contributed by atoms with van der Waals surface area (Å²) in [4.78, 5) is 13.4. The highest BCUT2D eigenvalue weighted by atomic mass is 32.2. The number of hydrogen-bond acceptors (Lipinski definition) is 6. The van der Waals surface area contributed by atoms with Crippen LogP contribution in [-0.2, 0) is 10.0 Å². The number of thiophene rings is 1. The van der Waals surface area contributed by atoms with Crippen LogP contribution in [0.3, 0.4) is 0 Å². The zero-order valence-corrected chi connectivity index (χ0v) is 17.3. The van der Waals surface area contributed by atoms with Gasteiger partial charge in [0.15, 0.2) is 0 Å². The van der Waals surface area contributed by atoms with Crippen LogP contribution in [-0.4, -0.2) is 35.8 Å². The highest BCUT2D eigenvalue weighted by Gasteiger charge is 2.49. The maximum Gasteiger partial charge on any atom is 0.503 e. The summed E-state index contributed by atoms with van der Waals surface area (Å²) in [5.41, 5.74) is 1.17. The normalized spacial score (nSPS) is 20.6. The first-order chi connectivity index (χ1) is 13.7. The highest BCUT2D eigenvalue weighted by molar-refractivity contribution is 7.91.